The van der Waals surface area contributed by atoms with Gasteiger partial charge in [0.2, 0.25) is 0 Å². The van der Waals surface area contributed by atoms with Crippen molar-refractivity contribution < 1.29 is 0 Å². The largest absolute Gasteiger partial charge is 0.203 e. The zero-order chi connectivity index (χ0) is 4.28. The second kappa shape index (κ2) is 2.29. The Hall–Kier alpha value is 0.0400. The molecule has 0 radical (unpaired) electrons. The van der Waals surface area contributed by atoms with Gasteiger partial charge in [0, 0.05) is 0 Å². The highest BCUT2D eigenvalue weighted by Crippen LogP contribution is 1.79. The van der Waals surface area contributed by atoms with Crippen LogP contribution in [-0.4, -0.2) is 4.32 Å². The molecule has 0 atom stereocenters. The molecule has 0 aromatic rings. The van der Waals surface area contributed by atoms with E-state index in [4.69, 9.17) is 5.53 Å². The number of hydrogen-bond acceptors (Lipinski definition) is 2. The first-order valence-electron chi connectivity index (χ1n) is 0.875. The Kier molecular flexibility index (Phi) is 2.31. The fourth-order valence-electron chi connectivity index (χ4n) is 0. The van der Waals surface area contributed by atoms with Gasteiger partial charge in [-0.15, -0.1) is 17.7 Å². The molecule has 0 rings (SSSR count). The van der Waals surface area contributed by atoms with Crippen LogP contribution < -0.4 is 0 Å². The van der Waals surface area contributed by atoms with Gasteiger partial charge in [0.05, 0.1) is 0 Å². The predicted molar refractivity (Wildman–Crippen MR) is 26.7 cm³/mol. The molecule has 0 bridgehead atoms. The number of hydrogen-bond donors (Lipinski definition) is 2. The van der Waals surface area contributed by atoms with E-state index in [0.29, 0.717) is 0 Å². The average molecular weight is 106 g/mol. The average Bonchev–Trinajstić information content (AvgIpc) is 1.38. The molecule has 0 aromatic heterocycles. The van der Waals surface area contributed by atoms with Gasteiger partial charge in [0.1, 0.15) is 0 Å². The molecule has 0 aliphatic rings. The third-order valence-corrected chi connectivity index (χ3v) is 0.287. The fourth-order valence-corrected chi connectivity index (χ4v) is 0. The number of nitrogens with zero attached hydrogens (tertiary/aromatic N) is 1. The molecule has 0 saturated carbocycles. The molecule has 0 aliphatic heterocycles. The van der Waals surface area contributed by atoms with Crippen LogP contribution in [0.15, 0.2) is 5.11 Å². The quantitative estimate of drug-likeness (QED) is 0.272. The Bertz CT molecular complexity index is 58.7. The van der Waals surface area contributed by atoms with Gasteiger partial charge in [-0.25, -0.2) is 5.53 Å². The summed E-state index contributed by atoms with van der Waals surface area (Å²) in [4.78, 5) is 0. The molecule has 2 nitrogen and oxygen atoms in total. The minimum Gasteiger partial charge on any atom is -0.203 e. The van der Waals surface area contributed by atoms with Crippen molar-refractivity contribution in [2.75, 3.05) is 0 Å². The van der Waals surface area contributed by atoms with Crippen LogP contribution in [0, 0.1) is 5.53 Å². The van der Waals surface area contributed by atoms with Crippen LogP contribution in [0.3, 0.4) is 0 Å². The molecule has 0 amide bonds. The Morgan fingerprint density at radius 1 is 2.00 bits per heavy atom. The fraction of sp³-hybridized carbons (Fsp3) is 0. The molecule has 0 aliphatic carbocycles. The molecule has 0 heterocycles. The molecular weight excluding hydrogens is 104 g/mol. The van der Waals surface area contributed by atoms with Crippen LogP contribution in [0.1, 0.15) is 0 Å². The van der Waals surface area contributed by atoms with Gasteiger partial charge in [0.25, 0.3) is 0 Å². The predicted octanol–water partition coefficient (Wildman–Crippen LogP) is 1.23. The molecule has 0 fully saturated rings. The van der Waals surface area contributed by atoms with Crippen molar-refractivity contribution in [3.05, 3.63) is 0 Å². The lowest BCUT2D eigenvalue weighted by Gasteiger charge is -1.65. The summed E-state index contributed by atoms with van der Waals surface area (Å²) in [5, 5.41) is 2.73. The van der Waals surface area contributed by atoms with Crippen LogP contribution in [0.2, 0.25) is 0 Å². The van der Waals surface area contributed by atoms with Crippen molar-refractivity contribution in [2.24, 2.45) is 5.11 Å². The Morgan fingerprint density at radius 3 is 2.20 bits per heavy atom. The lowest BCUT2D eigenvalue weighted by atomic mass is 11.5. The Labute approximate surface area is 40.5 Å². The summed E-state index contributed by atoms with van der Waals surface area (Å²) < 4.78 is 0.0741. The van der Waals surface area contributed by atoms with E-state index >= 15 is 0 Å². The summed E-state index contributed by atoms with van der Waals surface area (Å²) in [5.74, 6) is 0. The summed E-state index contributed by atoms with van der Waals surface area (Å²) in [5.41, 5.74) is 6.06. The summed E-state index contributed by atoms with van der Waals surface area (Å²) in [6.07, 6.45) is 0. The zero-order valence-electron chi connectivity index (χ0n) is 2.30. The zero-order valence-corrected chi connectivity index (χ0v) is 4.01. The van der Waals surface area contributed by atoms with Crippen LogP contribution in [0.25, 0.3) is 0 Å². The summed E-state index contributed by atoms with van der Waals surface area (Å²) >= 11 is 7.68. The lowest BCUT2D eigenvalue weighted by molar-refractivity contribution is 1.22. The maximum Gasteiger partial charge on any atom is 0.178 e. The Morgan fingerprint density at radius 2 is 2.20 bits per heavy atom. The second-order valence-electron chi connectivity index (χ2n) is 0.394. The highest BCUT2D eigenvalue weighted by atomic mass is 32.1. The number of nitrogens with one attached hydrogen (secondary N) is 1. The van der Waals surface area contributed by atoms with Gasteiger partial charge in [-0.1, -0.05) is 0 Å². The van der Waals surface area contributed by atoms with Crippen molar-refractivity contribution in [3.8, 4) is 0 Å². The standard InChI is InChI=1S/CH2N2S2/c2-3-1(4)5/h2H,(H,4,5). The minimum absolute atomic E-state index is 0.0741. The van der Waals surface area contributed by atoms with E-state index < -0.39 is 0 Å². The van der Waals surface area contributed by atoms with E-state index in [1.165, 1.54) is 0 Å². The van der Waals surface area contributed by atoms with Crippen LogP contribution >= 0.6 is 24.8 Å². The highest BCUT2D eigenvalue weighted by Gasteiger charge is 1.68. The van der Waals surface area contributed by atoms with Crippen molar-refractivity contribution in [3.63, 3.8) is 0 Å². The summed E-state index contributed by atoms with van der Waals surface area (Å²) in [6.45, 7) is 0. The molecule has 0 aromatic carbocycles. The molecule has 5 heavy (non-hydrogen) atoms. The van der Waals surface area contributed by atoms with E-state index in [2.05, 4.69) is 30.0 Å². The van der Waals surface area contributed by atoms with Crippen LogP contribution in [0.4, 0.5) is 0 Å². The van der Waals surface area contributed by atoms with Crippen molar-refractivity contribution >= 4 is 29.2 Å². The van der Waals surface area contributed by atoms with Gasteiger partial charge in [0.15, 0.2) is 4.32 Å². The summed E-state index contributed by atoms with van der Waals surface area (Å²) in [6, 6.07) is 0. The van der Waals surface area contributed by atoms with Crippen molar-refractivity contribution in [2.45, 2.75) is 0 Å². The first kappa shape index (κ1) is 5.04. The molecule has 0 unspecified atom stereocenters. The van der Waals surface area contributed by atoms with Gasteiger partial charge in [-0.3, -0.25) is 0 Å². The molecule has 4 heteroatoms. The SMILES string of the molecule is N=NC(=S)S. The summed E-state index contributed by atoms with van der Waals surface area (Å²) in [7, 11) is 0. The highest BCUT2D eigenvalue weighted by molar-refractivity contribution is 8.11. The van der Waals surface area contributed by atoms with Gasteiger partial charge in [-0.2, -0.15) is 0 Å². The third kappa shape index (κ3) is 4.04. The van der Waals surface area contributed by atoms with Crippen LogP contribution in [0.5, 0.6) is 0 Å². The van der Waals surface area contributed by atoms with E-state index in [9.17, 15) is 0 Å². The first-order valence-corrected chi connectivity index (χ1v) is 1.73. The number of thiol groups is 1. The normalized spacial score (nSPS) is 6.60. The molecule has 0 saturated heterocycles. The molecule has 28 valence electrons. The second-order valence-corrected chi connectivity index (χ2v) is 1.51. The molecular formula is CH2N2S2. The van der Waals surface area contributed by atoms with E-state index in [-0.39, 0.29) is 4.32 Å². The van der Waals surface area contributed by atoms with E-state index in [0.717, 1.165) is 0 Å². The monoisotopic (exact) mass is 106 g/mol. The lowest BCUT2D eigenvalue weighted by Crippen LogP contribution is -1.61. The number of rotatable bonds is 0. The maximum atomic E-state index is 6.06. The maximum absolute atomic E-state index is 6.06. The van der Waals surface area contributed by atoms with E-state index in [1.807, 2.05) is 0 Å². The van der Waals surface area contributed by atoms with Crippen molar-refractivity contribution in [1.29, 1.82) is 5.53 Å². The topological polar surface area (TPSA) is 36.2 Å². The molecule has 1 N–H and O–H groups in total. The van der Waals surface area contributed by atoms with Gasteiger partial charge < -0.3 is 0 Å². The Balaban J connectivity index is 3.20. The number of thiocarbonyl (C=S) groups is 1. The van der Waals surface area contributed by atoms with E-state index in [1.54, 1.807) is 0 Å². The van der Waals surface area contributed by atoms with Gasteiger partial charge >= 0.3 is 0 Å². The van der Waals surface area contributed by atoms with Gasteiger partial charge in [-0.05, 0) is 12.2 Å². The van der Waals surface area contributed by atoms with Crippen LogP contribution in [-0.2, 0) is 0 Å². The first-order chi connectivity index (χ1) is 2.27. The minimum atomic E-state index is 0.0741. The smallest absolute Gasteiger partial charge is 0.178 e. The molecule has 0 spiro atoms. The third-order valence-electron chi connectivity index (χ3n) is 0.0956. The van der Waals surface area contributed by atoms with Crippen molar-refractivity contribution in [1.82, 2.24) is 0 Å².